The van der Waals surface area contributed by atoms with E-state index in [1.165, 1.54) is 76.7 Å². The molecule has 0 aliphatic heterocycles. The van der Waals surface area contributed by atoms with Crippen LogP contribution >= 0.6 is 0 Å². The van der Waals surface area contributed by atoms with Crippen LogP contribution in [0, 0.1) is 0 Å². The van der Waals surface area contributed by atoms with Crippen LogP contribution in [0.5, 0.6) is 0 Å². The normalized spacial score (nSPS) is 12.9. The number of hydrogen-bond donors (Lipinski definition) is 0. The van der Waals surface area contributed by atoms with Gasteiger partial charge in [-0.1, -0.05) is 188 Å². The predicted molar refractivity (Wildman–Crippen MR) is 248 cm³/mol. The van der Waals surface area contributed by atoms with Gasteiger partial charge in [-0.25, -0.2) is 0 Å². The van der Waals surface area contributed by atoms with Gasteiger partial charge in [0.1, 0.15) is 0 Å². The molecule has 59 heavy (non-hydrogen) atoms. The number of aromatic nitrogens is 1. The molecule has 0 saturated heterocycles. The smallest absolute Gasteiger partial charge is 0.0714 e. The molecule has 1 aliphatic carbocycles. The van der Waals surface area contributed by atoms with Crippen molar-refractivity contribution in [2.45, 2.75) is 5.41 Å². The average molecular weight is 751 g/mol. The van der Waals surface area contributed by atoms with Gasteiger partial charge in [0.15, 0.2) is 0 Å². The van der Waals surface area contributed by atoms with E-state index in [1.807, 2.05) is 0 Å². The van der Waals surface area contributed by atoms with Gasteiger partial charge in [0.05, 0.1) is 22.1 Å². The van der Waals surface area contributed by atoms with Gasteiger partial charge >= 0.3 is 0 Å². The monoisotopic (exact) mass is 750 g/mol. The lowest BCUT2D eigenvalue weighted by molar-refractivity contribution is 0.768. The topological polar surface area (TPSA) is 8.17 Å². The van der Waals surface area contributed by atoms with Crippen molar-refractivity contribution in [2.75, 3.05) is 4.90 Å². The molecule has 276 valence electrons. The number of anilines is 3. The maximum atomic E-state index is 2.48. The van der Waals surface area contributed by atoms with Gasteiger partial charge in [-0.15, -0.1) is 0 Å². The average Bonchev–Trinajstić information content (AvgIpc) is 3.80. The Balaban J connectivity index is 1.17. The van der Waals surface area contributed by atoms with E-state index in [4.69, 9.17) is 0 Å². The van der Waals surface area contributed by atoms with Gasteiger partial charge in [0.2, 0.25) is 0 Å². The number of fused-ring (bicyclic) bond motifs is 9. The number of para-hydroxylation sites is 1. The largest absolute Gasteiger partial charge is 0.310 e. The Morgan fingerprint density at radius 1 is 0.356 bits per heavy atom. The van der Waals surface area contributed by atoms with Crippen molar-refractivity contribution in [3.05, 3.63) is 253 Å². The molecule has 0 N–H and O–H groups in total. The number of rotatable bonds is 6. The Labute approximate surface area is 343 Å². The molecule has 11 aromatic rings. The molecule has 0 atom stereocenters. The lowest BCUT2D eigenvalue weighted by Gasteiger charge is -2.35. The van der Waals surface area contributed by atoms with E-state index in [9.17, 15) is 0 Å². The van der Waals surface area contributed by atoms with E-state index < -0.39 is 5.41 Å². The Morgan fingerprint density at radius 3 is 1.68 bits per heavy atom. The molecule has 0 saturated carbocycles. The highest BCUT2D eigenvalue weighted by atomic mass is 15.1. The molecular formula is C57H38N2. The zero-order chi connectivity index (χ0) is 38.9. The first-order valence-corrected chi connectivity index (χ1v) is 20.4. The zero-order valence-electron chi connectivity index (χ0n) is 32.3. The van der Waals surface area contributed by atoms with Crippen molar-refractivity contribution < 1.29 is 0 Å². The van der Waals surface area contributed by atoms with E-state index in [0.717, 1.165) is 22.7 Å². The molecule has 0 bridgehead atoms. The van der Waals surface area contributed by atoms with Crippen molar-refractivity contribution in [3.8, 4) is 16.8 Å². The summed E-state index contributed by atoms with van der Waals surface area (Å²) in [6.45, 7) is 0. The maximum Gasteiger partial charge on any atom is 0.0714 e. The summed E-state index contributed by atoms with van der Waals surface area (Å²) in [5.41, 5.74) is 14.0. The zero-order valence-corrected chi connectivity index (χ0v) is 32.3. The third-order valence-electron chi connectivity index (χ3n) is 12.6. The minimum atomic E-state index is -0.514. The summed E-state index contributed by atoms with van der Waals surface area (Å²) < 4.78 is 2.47. The molecule has 0 radical (unpaired) electrons. The van der Waals surface area contributed by atoms with Crippen LogP contribution in [0.1, 0.15) is 22.3 Å². The molecule has 2 heteroatoms. The van der Waals surface area contributed by atoms with E-state index in [0.29, 0.717) is 0 Å². The minimum absolute atomic E-state index is 0.514. The van der Waals surface area contributed by atoms with Crippen LogP contribution in [0.25, 0.3) is 60.2 Å². The number of benzene rings is 10. The Kier molecular flexibility index (Phi) is 7.48. The standard InChI is InChI=1S/C57H38N2/c1-4-20-41(21-5-1)57(42-22-6-2-7-23-42)52-29-15-14-28-48(52)49-35-32-44(37-53(49)57)58(54-30-16-19-39-17-10-12-26-46(39)54)45-33-36-50-51-34-31-40-18-11-13-27-47(40)56(51)59(55(50)38-45)43-24-8-3-9-25-43/h1-38H. The van der Waals surface area contributed by atoms with Gasteiger partial charge in [0, 0.05) is 38.6 Å². The van der Waals surface area contributed by atoms with E-state index in [-0.39, 0.29) is 0 Å². The Morgan fingerprint density at radius 2 is 0.915 bits per heavy atom. The predicted octanol–water partition coefficient (Wildman–Crippen LogP) is 14.9. The quantitative estimate of drug-likeness (QED) is 0.164. The van der Waals surface area contributed by atoms with Crippen LogP contribution in [-0.2, 0) is 5.41 Å². The summed E-state index contributed by atoms with van der Waals surface area (Å²) in [6, 6.07) is 84.9. The molecular weight excluding hydrogens is 713 g/mol. The number of hydrogen-bond acceptors (Lipinski definition) is 1. The lowest BCUT2D eigenvalue weighted by Crippen LogP contribution is -2.28. The van der Waals surface area contributed by atoms with Gasteiger partial charge in [-0.05, 0) is 86.6 Å². The molecule has 1 heterocycles. The number of nitrogens with zero attached hydrogens (tertiary/aromatic N) is 2. The highest BCUT2D eigenvalue weighted by Crippen LogP contribution is 2.57. The molecule has 0 fully saturated rings. The molecule has 0 unspecified atom stereocenters. The van der Waals surface area contributed by atoms with Crippen molar-refractivity contribution >= 4 is 60.4 Å². The fraction of sp³-hybridized carbons (Fsp3) is 0.0175. The van der Waals surface area contributed by atoms with Crippen LogP contribution in [-0.4, -0.2) is 4.57 Å². The molecule has 2 nitrogen and oxygen atoms in total. The van der Waals surface area contributed by atoms with Crippen molar-refractivity contribution in [3.63, 3.8) is 0 Å². The second-order valence-corrected chi connectivity index (χ2v) is 15.6. The van der Waals surface area contributed by atoms with Gasteiger partial charge in [-0.2, -0.15) is 0 Å². The fourth-order valence-electron chi connectivity index (χ4n) is 10.2. The van der Waals surface area contributed by atoms with E-state index in [1.54, 1.807) is 0 Å². The molecule has 10 aromatic carbocycles. The van der Waals surface area contributed by atoms with Crippen LogP contribution in [0.15, 0.2) is 231 Å². The first-order chi connectivity index (χ1) is 29.3. The van der Waals surface area contributed by atoms with Crippen molar-refractivity contribution in [2.24, 2.45) is 0 Å². The van der Waals surface area contributed by atoms with E-state index >= 15 is 0 Å². The summed E-state index contributed by atoms with van der Waals surface area (Å²) >= 11 is 0. The highest BCUT2D eigenvalue weighted by molar-refractivity contribution is 6.19. The first kappa shape index (κ1) is 33.5. The van der Waals surface area contributed by atoms with Crippen LogP contribution < -0.4 is 4.90 Å². The molecule has 0 spiro atoms. The Bertz CT molecular complexity index is 3340. The molecule has 0 amide bonds. The van der Waals surface area contributed by atoms with Crippen LogP contribution in [0.3, 0.4) is 0 Å². The fourth-order valence-corrected chi connectivity index (χ4v) is 10.2. The van der Waals surface area contributed by atoms with E-state index in [2.05, 4.69) is 240 Å². The SMILES string of the molecule is c1ccc(-n2c3cc(N(c4ccc5c(c4)C(c4ccccc4)(c4ccccc4)c4ccccc4-5)c4cccc5ccccc45)ccc3c3ccc4ccccc4c32)cc1. The van der Waals surface area contributed by atoms with Crippen molar-refractivity contribution in [1.82, 2.24) is 4.57 Å². The second-order valence-electron chi connectivity index (χ2n) is 15.6. The highest BCUT2D eigenvalue weighted by Gasteiger charge is 2.46. The summed E-state index contributed by atoms with van der Waals surface area (Å²) in [7, 11) is 0. The molecule has 1 aromatic heterocycles. The summed E-state index contributed by atoms with van der Waals surface area (Å²) in [4.78, 5) is 2.48. The second kappa shape index (κ2) is 13.2. The molecule has 1 aliphatic rings. The minimum Gasteiger partial charge on any atom is -0.310 e. The Hall–Kier alpha value is -7.68. The lowest BCUT2D eigenvalue weighted by atomic mass is 9.67. The third-order valence-corrected chi connectivity index (χ3v) is 12.6. The van der Waals surface area contributed by atoms with Gasteiger partial charge < -0.3 is 9.47 Å². The summed E-state index contributed by atoms with van der Waals surface area (Å²) in [6.07, 6.45) is 0. The third kappa shape index (κ3) is 4.93. The van der Waals surface area contributed by atoms with Crippen LogP contribution in [0.4, 0.5) is 17.1 Å². The van der Waals surface area contributed by atoms with Crippen LogP contribution in [0.2, 0.25) is 0 Å². The van der Waals surface area contributed by atoms with Crippen molar-refractivity contribution in [1.29, 1.82) is 0 Å². The maximum absolute atomic E-state index is 2.48. The first-order valence-electron chi connectivity index (χ1n) is 20.4. The molecule has 12 rings (SSSR count). The summed E-state index contributed by atoms with van der Waals surface area (Å²) in [5.74, 6) is 0. The van der Waals surface area contributed by atoms with Gasteiger partial charge in [0.25, 0.3) is 0 Å². The summed E-state index contributed by atoms with van der Waals surface area (Å²) in [5, 5.41) is 7.36. The van der Waals surface area contributed by atoms with Gasteiger partial charge in [-0.3, -0.25) is 0 Å².